The third-order valence-electron chi connectivity index (χ3n) is 4.95. The molecule has 0 aliphatic carbocycles. The van der Waals surface area contributed by atoms with Crippen molar-refractivity contribution >= 4 is 28.4 Å². The molecule has 1 atom stereocenters. The average Bonchev–Trinajstić information content (AvgIpc) is 2.73. The molecule has 0 bridgehead atoms. The number of rotatable bonds is 5. The number of carbonyl (C=O) groups is 1. The zero-order valence-corrected chi connectivity index (χ0v) is 18.1. The molecule has 0 fully saturated rings. The standard InChI is InChI=1S/C23H24N2O4S/c1-23(2,3)20(26)14-30-22-24-17-9-5-4-8-16(17)21(27)25(22)12-15-13-28-18-10-6-7-11-19(18)29-15/h4-11,15H,12-14H2,1-3H3. The number of fused-ring (bicyclic) bond motifs is 2. The van der Waals surface area contributed by atoms with Crippen LogP contribution in [0.1, 0.15) is 20.8 Å². The zero-order valence-electron chi connectivity index (χ0n) is 17.3. The van der Waals surface area contributed by atoms with E-state index in [2.05, 4.69) is 4.98 Å². The van der Waals surface area contributed by atoms with E-state index in [-0.39, 0.29) is 29.7 Å². The second-order valence-electron chi connectivity index (χ2n) is 8.29. The molecular formula is C23H24N2O4S. The van der Waals surface area contributed by atoms with Gasteiger partial charge in [-0.2, -0.15) is 0 Å². The summed E-state index contributed by atoms with van der Waals surface area (Å²) in [5, 5.41) is 1.06. The smallest absolute Gasteiger partial charge is 0.262 e. The summed E-state index contributed by atoms with van der Waals surface area (Å²) in [7, 11) is 0. The summed E-state index contributed by atoms with van der Waals surface area (Å²) >= 11 is 1.29. The number of thioether (sulfide) groups is 1. The minimum Gasteiger partial charge on any atom is -0.486 e. The van der Waals surface area contributed by atoms with Crippen molar-refractivity contribution in [1.29, 1.82) is 0 Å². The number of nitrogens with zero attached hydrogens (tertiary/aromatic N) is 2. The van der Waals surface area contributed by atoms with E-state index in [0.717, 1.165) is 0 Å². The second kappa shape index (κ2) is 8.14. The topological polar surface area (TPSA) is 70.4 Å². The molecular weight excluding hydrogens is 400 g/mol. The van der Waals surface area contributed by atoms with Gasteiger partial charge in [0.25, 0.3) is 5.56 Å². The van der Waals surface area contributed by atoms with Crippen LogP contribution in [0.15, 0.2) is 58.5 Å². The quantitative estimate of drug-likeness (QED) is 0.456. The molecule has 6 nitrogen and oxygen atoms in total. The Morgan fingerprint density at radius 3 is 2.60 bits per heavy atom. The highest BCUT2D eigenvalue weighted by atomic mass is 32.2. The number of aromatic nitrogens is 2. The third-order valence-corrected chi connectivity index (χ3v) is 5.93. The molecule has 0 radical (unpaired) electrons. The molecule has 0 amide bonds. The predicted octanol–water partition coefficient (Wildman–Crippen LogP) is 3.94. The van der Waals surface area contributed by atoms with Gasteiger partial charge in [0.05, 0.1) is 23.2 Å². The van der Waals surface area contributed by atoms with Crippen LogP contribution in [-0.2, 0) is 11.3 Å². The first-order valence-corrected chi connectivity index (χ1v) is 10.9. The van der Waals surface area contributed by atoms with Crippen LogP contribution < -0.4 is 15.0 Å². The molecule has 7 heteroatoms. The molecule has 2 heterocycles. The third kappa shape index (κ3) is 4.21. The molecule has 1 aliphatic rings. The molecule has 1 aliphatic heterocycles. The van der Waals surface area contributed by atoms with Crippen LogP contribution in [-0.4, -0.2) is 33.8 Å². The molecule has 0 saturated heterocycles. The lowest BCUT2D eigenvalue weighted by atomic mass is 9.92. The summed E-state index contributed by atoms with van der Waals surface area (Å²) in [5.41, 5.74) is 0.0308. The van der Waals surface area contributed by atoms with Crippen LogP contribution in [0.5, 0.6) is 11.5 Å². The Balaban J connectivity index is 1.66. The SMILES string of the molecule is CC(C)(C)C(=O)CSc1nc2ccccc2c(=O)n1CC1COc2ccccc2O1. The number of carbonyl (C=O) groups excluding carboxylic acids is 1. The Bertz CT molecular complexity index is 1150. The van der Waals surface area contributed by atoms with Crippen molar-refractivity contribution < 1.29 is 14.3 Å². The fraction of sp³-hybridized carbons (Fsp3) is 0.348. The lowest BCUT2D eigenvalue weighted by Crippen LogP contribution is -2.37. The van der Waals surface area contributed by atoms with E-state index in [1.165, 1.54) is 11.8 Å². The molecule has 0 saturated carbocycles. The average molecular weight is 425 g/mol. The summed E-state index contributed by atoms with van der Waals surface area (Å²) in [5.74, 6) is 1.71. The summed E-state index contributed by atoms with van der Waals surface area (Å²) < 4.78 is 13.4. The van der Waals surface area contributed by atoms with E-state index in [4.69, 9.17) is 9.47 Å². The van der Waals surface area contributed by atoms with Crippen molar-refractivity contribution in [2.75, 3.05) is 12.4 Å². The first kappa shape index (κ1) is 20.5. The van der Waals surface area contributed by atoms with Crippen molar-refractivity contribution in [1.82, 2.24) is 9.55 Å². The van der Waals surface area contributed by atoms with Crippen molar-refractivity contribution in [3.05, 3.63) is 58.9 Å². The summed E-state index contributed by atoms with van der Waals surface area (Å²) in [6.07, 6.45) is -0.335. The van der Waals surface area contributed by atoms with Gasteiger partial charge in [0.15, 0.2) is 22.8 Å². The summed E-state index contributed by atoms with van der Waals surface area (Å²) in [4.78, 5) is 30.4. The highest BCUT2D eigenvalue weighted by molar-refractivity contribution is 7.99. The van der Waals surface area contributed by atoms with Crippen LogP contribution in [0.2, 0.25) is 0 Å². The Hall–Kier alpha value is -2.80. The molecule has 30 heavy (non-hydrogen) atoms. The van der Waals surface area contributed by atoms with Gasteiger partial charge in [0, 0.05) is 5.41 Å². The maximum atomic E-state index is 13.2. The molecule has 2 aromatic carbocycles. The largest absolute Gasteiger partial charge is 0.486 e. The Kier molecular flexibility index (Phi) is 5.56. The fourth-order valence-electron chi connectivity index (χ4n) is 3.12. The number of Topliss-reactive ketones (excluding diaryl/α,β-unsaturated/α-hetero) is 1. The van der Waals surface area contributed by atoms with Gasteiger partial charge in [0.1, 0.15) is 12.4 Å². The van der Waals surface area contributed by atoms with Crippen LogP contribution in [0.4, 0.5) is 0 Å². The van der Waals surface area contributed by atoms with Gasteiger partial charge in [-0.05, 0) is 24.3 Å². The second-order valence-corrected chi connectivity index (χ2v) is 9.23. The summed E-state index contributed by atoms with van der Waals surface area (Å²) in [6.45, 7) is 6.29. The van der Waals surface area contributed by atoms with Crippen molar-refractivity contribution in [2.45, 2.75) is 38.6 Å². The molecule has 1 unspecified atom stereocenters. The highest BCUT2D eigenvalue weighted by Crippen LogP contribution is 2.31. The Morgan fingerprint density at radius 2 is 1.83 bits per heavy atom. The molecule has 1 aromatic heterocycles. The lowest BCUT2D eigenvalue weighted by molar-refractivity contribution is -0.123. The van der Waals surface area contributed by atoms with Gasteiger partial charge in [-0.1, -0.05) is 56.8 Å². The van der Waals surface area contributed by atoms with Gasteiger partial charge in [0.2, 0.25) is 0 Å². The molecule has 0 spiro atoms. The first-order valence-electron chi connectivity index (χ1n) is 9.87. The van der Waals surface area contributed by atoms with Crippen LogP contribution >= 0.6 is 11.8 Å². The lowest BCUT2D eigenvalue weighted by Gasteiger charge is -2.27. The van der Waals surface area contributed by atoms with E-state index in [9.17, 15) is 9.59 Å². The van der Waals surface area contributed by atoms with Crippen molar-refractivity contribution in [3.63, 3.8) is 0 Å². The highest BCUT2D eigenvalue weighted by Gasteiger charge is 2.25. The van der Waals surface area contributed by atoms with E-state index >= 15 is 0 Å². The van der Waals surface area contributed by atoms with Gasteiger partial charge >= 0.3 is 0 Å². The Morgan fingerprint density at radius 1 is 1.13 bits per heavy atom. The maximum absolute atomic E-state index is 13.2. The van der Waals surface area contributed by atoms with Gasteiger partial charge in [-0.3, -0.25) is 14.2 Å². The van der Waals surface area contributed by atoms with Crippen LogP contribution in [0.3, 0.4) is 0 Å². The maximum Gasteiger partial charge on any atom is 0.262 e. The van der Waals surface area contributed by atoms with Crippen LogP contribution in [0, 0.1) is 5.41 Å². The van der Waals surface area contributed by atoms with Gasteiger partial charge in [-0.25, -0.2) is 4.98 Å². The number of benzene rings is 2. The normalized spacial score (nSPS) is 15.9. The minimum absolute atomic E-state index is 0.104. The minimum atomic E-state index is -0.445. The van der Waals surface area contributed by atoms with Gasteiger partial charge < -0.3 is 9.47 Å². The van der Waals surface area contributed by atoms with Crippen LogP contribution in [0.25, 0.3) is 10.9 Å². The van der Waals surface area contributed by atoms with E-state index in [1.807, 2.05) is 63.2 Å². The number of ether oxygens (including phenoxy) is 2. The fourth-order valence-corrected chi connectivity index (χ4v) is 4.29. The van der Waals surface area contributed by atoms with Gasteiger partial charge in [-0.15, -0.1) is 0 Å². The van der Waals surface area contributed by atoms with E-state index in [0.29, 0.717) is 34.2 Å². The van der Waals surface area contributed by atoms with E-state index < -0.39 is 5.41 Å². The Labute approximate surface area is 179 Å². The monoisotopic (exact) mass is 424 g/mol. The number of hydrogen-bond acceptors (Lipinski definition) is 6. The van der Waals surface area contributed by atoms with E-state index in [1.54, 1.807) is 10.6 Å². The number of ketones is 1. The zero-order chi connectivity index (χ0) is 21.3. The summed E-state index contributed by atoms with van der Waals surface area (Å²) in [6, 6.07) is 14.7. The molecule has 3 aromatic rings. The number of hydrogen-bond donors (Lipinski definition) is 0. The molecule has 156 valence electrons. The molecule has 4 rings (SSSR count). The molecule has 0 N–H and O–H groups in total. The van der Waals surface area contributed by atoms with Crippen molar-refractivity contribution in [3.8, 4) is 11.5 Å². The van der Waals surface area contributed by atoms with Crippen molar-refractivity contribution in [2.24, 2.45) is 5.41 Å². The number of para-hydroxylation sites is 3. The predicted molar refractivity (Wildman–Crippen MR) is 118 cm³/mol. The first-order chi connectivity index (χ1) is 14.3.